The lowest BCUT2D eigenvalue weighted by Gasteiger charge is -2.30. The second-order valence-corrected chi connectivity index (χ2v) is 12.9. The van der Waals surface area contributed by atoms with Crippen molar-refractivity contribution in [1.29, 1.82) is 0 Å². The first-order chi connectivity index (χ1) is 24.8. The number of benzene rings is 7. The molecule has 0 saturated heterocycles. The van der Waals surface area contributed by atoms with Gasteiger partial charge in [-0.05, 0) is 88.8 Å². The summed E-state index contributed by atoms with van der Waals surface area (Å²) in [5.74, 6) is 0. The van der Waals surface area contributed by atoms with Gasteiger partial charge in [-0.2, -0.15) is 0 Å². The van der Waals surface area contributed by atoms with Crippen molar-refractivity contribution < 1.29 is 0 Å². The molecule has 1 atom stereocenters. The summed E-state index contributed by atoms with van der Waals surface area (Å²) in [4.78, 5) is 2.38. The largest absolute Gasteiger partial charge is 0.332 e. The van der Waals surface area contributed by atoms with Crippen LogP contribution in [-0.4, -0.2) is 4.57 Å². The number of hydrogen-bond donors (Lipinski definition) is 0. The molecule has 1 aromatic heterocycles. The van der Waals surface area contributed by atoms with Crippen molar-refractivity contribution in [3.8, 4) is 22.3 Å². The maximum Gasteiger partial charge on any atom is 0.0632 e. The maximum absolute atomic E-state index is 2.56. The van der Waals surface area contributed by atoms with Crippen molar-refractivity contribution in [2.24, 2.45) is 0 Å². The molecule has 0 fully saturated rings. The number of nitrogens with zero attached hydrogens (tertiary/aromatic N) is 2. The Kier molecular flexibility index (Phi) is 7.68. The molecule has 2 heteroatoms. The fourth-order valence-electron chi connectivity index (χ4n) is 7.66. The van der Waals surface area contributed by atoms with Gasteiger partial charge in [0.2, 0.25) is 0 Å². The second kappa shape index (κ2) is 12.9. The molecule has 8 aromatic rings. The SMILES string of the molecule is C1=CCC(n2c3ccccc3c3ccccc32)C(c2ccc(N(c3ccccc3)c3ccccc3)c(-c3cccc(-c4ccccc4)c3)c2)=C1. The van der Waals surface area contributed by atoms with Gasteiger partial charge in [0.25, 0.3) is 0 Å². The van der Waals surface area contributed by atoms with Crippen LogP contribution in [0.1, 0.15) is 18.0 Å². The predicted octanol–water partition coefficient (Wildman–Crippen LogP) is 13.2. The molecule has 50 heavy (non-hydrogen) atoms. The minimum Gasteiger partial charge on any atom is -0.332 e. The van der Waals surface area contributed by atoms with Crippen LogP contribution < -0.4 is 4.90 Å². The normalized spacial score (nSPS) is 14.2. The number of anilines is 3. The quantitative estimate of drug-likeness (QED) is 0.168. The Morgan fingerprint density at radius 3 is 1.68 bits per heavy atom. The fourth-order valence-corrected chi connectivity index (χ4v) is 7.66. The van der Waals surface area contributed by atoms with Crippen LogP contribution in [-0.2, 0) is 0 Å². The molecule has 0 saturated carbocycles. The lowest BCUT2D eigenvalue weighted by Crippen LogP contribution is -2.14. The summed E-state index contributed by atoms with van der Waals surface area (Å²) >= 11 is 0. The predicted molar refractivity (Wildman–Crippen MR) is 212 cm³/mol. The van der Waals surface area contributed by atoms with Gasteiger partial charge in [0.05, 0.1) is 11.7 Å². The summed E-state index contributed by atoms with van der Waals surface area (Å²) in [5.41, 5.74) is 13.2. The summed E-state index contributed by atoms with van der Waals surface area (Å²) in [7, 11) is 0. The van der Waals surface area contributed by atoms with E-state index in [4.69, 9.17) is 0 Å². The Balaban J connectivity index is 1.26. The Morgan fingerprint density at radius 1 is 0.460 bits per heavy atom. The Hall–Kier alpha value is -6.38. The molecule has 1 heterocycles. The van der Waals surface area contributed by atoms with Crippen LogP contribution in [0, 0.1) is 0 Å². The van der Waals surface area contributed by atoms with Crippen molar-refractivity contribution in [1.82, 2.24) is 4.57 Å². The first kappa shape index (κ1) is 29.7. The lowest BCUT2D eigenvalue weighted by molar-refractivity contribution is 0.665. The summed E-state index contributed by atoms with van der Waals surface area (Å²) in [6, 6.07) is 65.9. The summed E-state index contributed by atoms with van der Waals surface area (Å²) < 4.78 is 2.56. The number of fused-ring (bicyclic) bond motifs is 3. The molecule has 1 aliphatic carbocycles. The number of aromatic nitrogens is 1. The van der Waals surface area contributed by atoms with E-state index in [-0.39, 0.29) is 6.04 Å². The highest BCUT2D eigenvalue weighted by Gasteiger charge is 2.25. The highest BCUT2D eigenvalue weighted by Crippen LogP contribution is 2.45. The Morgan fingerprint density at radius 2 is 1.02 bits per heavy atom. The van der Waals surface area contributed by atoms with E-state index in [1.165, 1.54) is 55.2 Å². The van der Waals surface area contributed by atoms with E-state index in [0.29, 0.717) is 0 Å². The Labute approximate surface area is 293 Å². The second-order valence-electron chi connectivity index (χ2n) is 12.9. The van der Waals surface area contributed by atoms with Crippen molar-refractivity contribution in [3.05, 3.63) is 206 Å². The molecule has 0 spiro atoms. The van der Waals surface area contributed by atoms with Crippen LogP contribution >= 0.6 is 0 Å². The molecule has 2 nitrogen and oxygen atoms in total. The zero-order valence-electron chi connectivity index (χ0n) is 27.7. The van der Waals surface area contributed by atoms with E-state index in [1.54, 1.807) is 0 Å². The summed E-state index contributed by atoms with van der Waals surface area (Å²) in [6.45, 7) is 0. The number of allylic oxidation sites excluding steroid dienone is 4. The van der Waals surface area contributed by atoms with Crippen LogP contribution in [0.15, 0.2) is 200 Å². The van der Waals surface area contributed by atoms with Gasteiger partial charge in [-0.25, -0.2) is 0 Å². The van der Waals surface area contributed by atoms with Crippen LogP contribution in [0.5, 0.6) is 0 Å². The molecule has 0 radical (unpaired) electrons. The van der Waals surface area contributed by atoms with Gasteiger partial charge >= 0.3 is 0 Å². The first-order valence-electron chi connectivity index (χ1n) is 17.4. The maximum atomic E-state index is 2.56. The fraction of sp³-hybridized carbons (Fsp3) is 0.0417. The minimum atomic E-state index is 0.151. The lowest BCUT2D eigenvalue weighted by atomic mass is 9.88. The third-order valence-corrected chi connectivity index (χ3v) is 9.94. The topological polar surface area (TPSA) is 8.17 Å². The van der Waals surface area contributed by atoms with Gasteiger partial charge in [0, 0.05) is 38.7 Å². The van der Waals surface area contributed by atoms with E-state index >= 15 is 0 Å². The monoisotopic (exact) mass is 640 g/mol. The van der Waals surface area contributed by atoms with Gasteiger partial charge < -0.3 is 9.47 Å². The molecule has 1 unspecified atom stereocenters. The minimum absolute atomic E-state index is 0.151. The number of rotatable bonds is 7. The van der Waals surface area contributed by atoms with Crippen LogP contribution in [0.25, 0.3) is 49.6 Å². The van der Waals surface area contributed by atoms with Crippen molar-refractivity contribution in [2.45, 2.75) is 12.5 Å². The number of para-hydroxylation sites is 4. The van der Waals surface area contributed by atoms with Crippen molar-refractivity contribution in [2.75, 3.05) is 4.90 Å². The van der Waals surface area contributed by atoms with Crippen molar-refractivity contribution >= 4 is 44.4 Å². The summed E-state index contributed by atoms with van der Waals surface area (Å²) in [6.07, 6.45) is 7.78. The first-order valence-corrected chi connectivity index (χ1v) is 17.4. The molecule has 0 N–H and O–H groups in total. The van der Waals surface area contributed by atoms with E-state index in [0.717, 1.165) is 23.5 Å². The average Bonchev–Trinajstić information content (AvgIpc) is 3.54. The molecular weight excluding hydrogens is 605 g/mol. The molecule has 7 aromatic carbocycles. The summed E-state index contributed by atoms with van der Waals surface area (Å²) in [5, 5.41) is 2.60. The molecule has 238 valence electrons. The van der Waals surface area contributed by atoms with E-state index < -0.39 is 0 Å². The highest BCUT2D eigenvalue weighted by molar-refractivity contribution is 6.08. The standard InChI is InChI=1S/C48H36N2/c1-4-17-35(18-5-1)36-19-16-20-37(33-36)44-34-38(31-32-48(44)49(39-21-6-2-7-22-39)40-23-8-3-9-24-40)41-25-10-13-28-45(41)50-46-29-14-11-26-42(46)43-27-12-15-30-47(43)50/h1-27,29-34,45H,28H2. The zero-order chi connectivity index (χ0) is 33.3. The molecule has 9 rings (SSSR count). The van der Waals surface area contributed by atoms with Gasteiger partial charge in [0.1, 0.15) is 0 Å². The molecule has 0 aliphatic heterocycles. The average molecular weight is 641 g/mol. The van der Waals surface area contributed by atoms with Crippen LogP contribution in [0.3, 0.4) is 0 Å². The number of hydrogen-bond acceptors (Lipinski definition) is 1. The van der Waals surface area contributed by atoms with Crippen LogP contribution in [0.2, 0.25) is 0 Å². The molecule has 1 aliphatic rings. The molecule has 0 amide bonds. The molecule has 0 bridgehead atoms. The molecular formula is C48H36N2. The van der Waals surface area contributed by atoms with Gasteiger partial charge in [0.15, 0.2) is 0 Å². The van der Waals surface area contributed by atoms with Crippen molar-refractivity contribution in [3.63, 3.8) is 0 Å². The van der Waals surface area contributed by atoms with Gasteiger partial charge in [-0.15, -0.1) is 0 Å². The van der Waals surface area contributed by atoms with E-state index in [9.17, 15) is 0 Å². The van der Waals surface area contributed by atoms with Gasteiger partial charge in [-0.1, -0.05) is 146 Å². The Bertz CT molecular complexity index is 2410. The highest BCUT2D eigenvalue weighted by atomic mass is 15.1. The van der Waals surface area contributed by atoms with Crippen LogP contribution in [0.4, 0.5) is 17.1 Å². The third-order valence-electron chi connectivity index (χ3n) is 9.94. The van der Waals surface area contributed by atoms with E-state index in [2.05, 4.69) is 210 Å². The zero-order valence-corrected chi connectivity index (χ0v) is 27.7. The van der Waals surface area contributed by atoms with Gasteiger partial charge in [-0.3, -0.25) is 0 Å². The smallest absolute Gasteiger partial charge is 0.0632 e. The third kappa shape index (κ3) is 5.32. The van der Waals surface area contributed by atoms with E-state index in [1.807, 2.05) is 0 Å².